The van der Waals surface area contributed by atoms with Crippen LogP contribution in [-0.2, 0) is 17.9 Å². The van der Waals surface area contributed by atoms with Gasteiger partial charge in [0.25, 0.3) is 0 Å². The zero-order valence-corrected chi connectivity index (χ0v) is 15.8. The fourth-order valence-corrected chi connectivity index (χ4v) is 3.00. The number of hydrogen-bond donors (Lipinski definition) is 0. The smallest absolute Gasteiger partial charge is 0.223 e. The Balaban J connectivity index is 2.20. The molecule has 0 bridgehead atoms. The second kappa shape index (κ2) is 7.89. The van der Waals surface area contributed by atoms with E-state index < -0.39 is 0 Å². The van der Waals surface area contributed by atoms with Crippen molar-refractivity contribution >= 4 is 17.5 Å². The summed E-state index contributed by atoms with van der Waals surface area (Å²) in [6, 6.07) is 12.0. The van der Waals surface area contributed by atoms with E-state index in [0.717, 1.165) is 29.2 Å². The molecule has 0 saturated heterocycles. The van der Waals surface area contributed by atoms with Crippen molar-refractivity contribution in [2.24, 2.45) is 0 Å². The Kier molecular flexibility index (Phi) is 6.11. The Hall–Kier alpha value is -1.74. The van der Waals surface area contributed by atoms with Crippen LogP contribution >= 0.6 is 11.6 Å². The lowest BCUT2D eigenvalue weighted by Crippen LogP contribution is -2.45. The molecule has 2 aromatic rings. The van der Waals surface area contributed by atoms with Crippen LogP contribution in [0.4, 0.5) is 0 Å². The molecule has 0 aliphatic heterocycles. The van der Waals surface area contributed by atoms with Crippen molar-refractivity contribution in [3.63, 3.8) is 0 Å². The average molecular weight is 347 g/mol. The molecule has 1 aromatic heterocycles. The largest absolute Gasteiger partial charge is 0.345 e. The van der Waals surface area contributed by atoms with Gasteiger partial charge in [-0.1, -0.05) is 30.7 Å². The summed E-state index contributed by atoms with van der Waals surface area (Å²) in [7, 11) is 0. The van der Waals surface area contributed by atoms with Gasteiger partial charge in [0, 0.05) is 35.4 Å². The highest BCUT2D eigenvalue weighted by Crippen LogP contribution is 2.21. The van der Waals surface area contributed by atoms with E-state index in [-0.39, 0.29) is 11.4 Å². The van der Waals surface area contributed by atoms with E-state index in [2.05, 4.69) is 43.7 Å². The van der Waals surface area contributed by atoms with Crippen molar-refractivity contribution in [3.8, 4) is 0 Å². The van der Waals surface area contributed by atoms with Crippen molar-refractivity contribution in [2.75, 3.05) is 0 Å². The minimum atomic E-state index is -0.197. The van der Waals surface area contributed by atoms with Gasteiger partial charge in [-0.25, -0.2) is 0 Å². The molecule has 130 valence electrons. The standard InChI is InChI=1S/C20H27ClN2O/c1-5-8-19(24)23(20(2,3)4)15-18-11-7-12-22(18)14-16-9-6-10-17(21)13-16/h6-7,9-13H,5,8,14-15H2,1-4H3. The Morgan fingerprint density at radius 1 is 1.21 bits per heavy atom. The minimum Gasteiger partial charge on any atom is -0.345 e. The van der Waals surface area contributed by atoms with Gasteiger partial charge in [-0.15, -0.1) is 0 Å². The zero-order chi connectivity index (χ0) is 17.7. The van der Waals surface area contributed by atoms with Gasteiger partial charge in [-0.2, -0.15) is 0 Å². The maximum atomic E-state index is 12.5. The Bertz CT molecular complexity index is 685. The highest BCUT2D eigenvalue weighted by Gasteiger charge is 2.26. The molecule has 0 spiro atoms. The molecule has 24 heavy (non-hydrogen) atoms. The quantitative estimate of drug-likeness (QED) is 0.712. The van der Waals surface area contributed by atoms with Gasteiger partial charge < -0.3 is 9.47 Å². The van der Waals surface area contributed by atoms with E-state index in [1.807, 2.05) is 36.1 Å². The summed E-state index contributed by atoms with van der Waals surface area (Å²) in [5.74, 6) is 0.209. The number of rotatable bonds is 6. The first kappa shape index (κ1) is 18.6. The fraction of sp³-hybridized carbons (Fsp3) is 0.450. The normalized spacial score (nSPS) is 11.5. The van der Waals surface area contributed by atoms with Gasteiger partial charge in [0.1, 0.15) is 0 Å². The predicted octanol–water partition coefficient (Wildman–Crippen LogP) is 5.12. The Labute approximate surface area is 150 Å². The second-order valence-corrected chi connectivity index (χ2v) is 7.59. The van der Waals surface area contributed by atoms with Crippen LogP contribution < -0.4 is 0 Å². The van der Waals surface area contributed by atoms with Crippen molar-refractivity contribution in [1.82, 2.24) is 9.47 Å². The number of benzene rings is 1. The average Bonchev–Trinajstić information content (AvgIpc) is 2.91. The lowest BCUT2D eigenvalue weighted by molar-refractivity contribution is -0.136. The zero-order valence-electron chi connectivity index (χ0n) is 15.1. The maximum absolute atomic E-state index is 12.5. The summed E-state index contributed by atoms with van der Waals surface area (Å²) < 4.78 is 2.18. The van der Waals surface area contributed by atoms with Gasteiger partial charge in [0.05, 0.1) is 6.54 Å². The summed E-state index contributed by atoms with van der Waals surface area (Å²) >= 11 is 6.08. The molecule has 0 saturated carbocycles. The van der Waals surface area contributed by atoms with Crippen LogP contribution in [0.5, 0.6) is 0 Å². The molecule has 3 nitrogen and oxygen atoms in total. The molecule has 4 heteroatoms. The molecule has 0 aliphatic carbocycles. The highest BCUT2D eigenvalue weighted by atomic mass is 35.5. The first-order valence-corrected chi connectivity index (χ1v) is 8.88. The number of aromatic nitrogens is 1. The molecule has 1 heterocycles. The Morgan fingerprint density at radius 3 is 2.58 bits per heavy atom. The summed E-state index contributed by atoms with van der Waals surface area (Å²) in [6.45, 7) is 9.68. The van der Waals surface area contributed by atoms with Gasteiger partial charge in [0.2, 0.25) is 5.91 Å². The van der Waals surface area contributed by atoms with Crippen LogP contribution in [-0.4, -0.2) is 20.9 Å². The van der Waals surface area contributed by atoms with Crippen LogP contribution in [0.3, 0.4) is 0 Å². The van der Waals surface area contributed by atoms with Crippen LogP contribution in [0.1, 0.15) is 51.8 Å². The molecule has 0 N–H and O–H groups in total. The summed E-state index contributed by atoms with van der Waals surface area (Å²) in [4.78, 5) is 14.5. The predicted molar refractivity (Wildman–Crippen MR) is 100 cm³/mol. The number of amides is 1. The topological polar surface area (TPSA) is 25.2 Å². The highest BCUT2D eigenvalue weighted by molar-refractivity contribution is 6.30. The molecule has 0 aliphatic rings. The molecule has 1 aromatic carbocycles. The van der Waals surface area contributed by atoms with Crippen LogP contribution in [0, 0.1) is 0 Å². The molecule has 1 amide bonds. The van der Waals surface area contributed by atoms with E-state index in [1.165, 1.54) is 0 Å². The number of nitrogens with zero attached hydrogens (tertiary/aromatic N) is 2. The second-order valence-electron chi connectivity index (χ2n) is 7.16. The number of carbonyl (C=O) groups excluding carboxylic acids is 1. The lowest BCUT2D eigenvalue weighted by atomic mass is 10.0. The first-order valence-electron chi connectivity index (χ1n) is 8.50. The molecular weight excluding hydrogens is 320 g/mol. The molecule has 0 radical (unpaired) electrons. The van der Waals surface area contributed by atoms with E-state index in [4.69, 9.17) is 11.6 Å². The van der Waals surface area contributed by atoms with Crippen LogP contribution in [0.15, 0.2) is 42.6 Å². The third kappa shape index (κ3) is 4.88. The van der Waals surface area contributed by atoms with Crippen molar-refractivity contribution in [1.29, 1.82) is 0 Å². The third-order valence-corrected chi connectivity index (χ3v) is 4.30. The molecule has 2 rings (SSSR count). The van der Waals surface area contributed by atoms with Crippen molar-refractivity contribution in [2.45, 2.75) is 59.2 Å². The Morgan fingerprint density at radius 2 is 1.96 bits per heavy atom. The van der Waals surface area contributed by atoms with Gasteiger partial charge >= 0.3 is 0 Å². The molecule has 0 unspecified atom stereocenters. The lowest BCUT2D eigenvalue weighted by Gasteiger charge is -2.36. The van der Waals surface area contributed by atoms with E-state index in [9.17, 15) is 4.79 Å². The summed E-state index contributed by atoms with van der Waals surface area (Å²) in [6.07, 6.45) is 3.52. The SMILES string of the molecule is CCCC(=O)N(Cc1cccn1Cc1cccc(Cl)c1)C(C)(C)C. The van der Waals surface area contributed by atoms with Gasteiger partial charge in [-0.3, -0.25) is 4.79 Å². The van der Waals surface area contributed by atoms with E-state index in [1.54, 1.807) is 0 Å². The maximum Gasteiger partial charge on any atom is 0.223 e. The van der Waals surface area contributed by atoms with Crippen LogP contribution in [0.25, 0.3) is 0 Å². The number of halogens is 1. The monoisotopic (exact) mass is 346 g/mol. The van der Waals surface area contributed by atoms with E-state index >= 15 is 0 Å². The van der Waals surface area contributed by atoms with Crippen LogP contribution in [0.2, 0.25) is 5.02 Å². The minimum absolute atomic E-state index is 0.197. The summed E-state index contributed by atoms with van der Waals surface area (Å²) in [5, 5.41) is 0.746. The number of carbonyl (C=O) groups is 1. The third-order valence-electron chi connectivity index (χ3n) is 4.06. The van der Waals surface area contributed by atoms with Gasteiger partial charge in [0.15, 0.2) is 0 Å². The summed E-state index contributed by atoms with van der Waals surface area (Å²) in [5.41, 5.74) is 2.09. The van der Waals surface area contributed by atoms with E-state index in [0.29, 0.717) is 13.0 Å². The molecule has 0 fully saturated rings. The number of hydrogen-bond acceptors (Lipinski definition) is 1. The molecular formula is C20H27ClN2O. The van der Waals surface area contributed by atoms with Gasteiger partial charge in [-0.05, 0) is 57.0 Å². The molecule has 0 atom stereocenters. The van der Waals surface area contributed by atoms with Crippen molar-refractivity contribution in [3.05, 3.63) is 58.9 Å². The van der Waals surface area contributed by atoms with Crippen molar-refractivity contribution < 1.29 is 4.79 Å². The fourth-order valence-electron chi connectivity index (χ4n) is 2.79. The first-order chi connectivity index (χ1) is 11.3.